The molecule has 1 aromatic carbocycles. The molecule has 26 heavy (non-hydrogen) atoms. The highest BCUT2D eigenvalue weighted by Crippen LogP contribution is 2.28. The van der Waals surface area contributed by atoms with Crippen LogP contribution in [-0.2, 0) is 0 Å². The number of benzene rings is 1. The van der Waals surface area contributed by atoms with Gasteiger partial charge in [-0.2, -0.15) is 0 Å². The summed E-state index contributed by atoms with van der Waals surface area (Å²) in [5.74, 6) is 1.79. The van der Waals surface area contributed by atoms with E-state index >= 15 is 0 Å². The number of carbonyl (C=O) groups is 1. The van der Waals surface area contributed by atoms with Crippen molar-refractivity contribution in [2.75, 3.05) is 39.1 Å². The molecule has 1 saturated heterocycles. The van der Waals surface area contributed by atoms with Crippen molar-refractivity contribution in [2.24, 2.45) is 5.92 Å². The molecule has 2 heterocycles. The maximum Gasteiger partial charge on any atom is 0.257 e. The molecule has 138 valence electrons. The molecule has 0 bridgehead atoms. The van der Waals surface area contributed by atoms with Gasteiger partial charge in [-0.05, 0) is 56.6 Å². The first-order chi connectivity index (χ1) is 12.7. The Bertz CT molecular complexity index is 748. The van der Waals surface area contributed by atoms with Gasteiger partial charge in [-0.15, -0.1) is 0 Å². The van der Waals surface area contributed by atoms with Gasteiger partial charge in [0.05, 0.1) is 18.4 Å². The van der Waals surface area contributed by atoms with E-state index in [1.807, 2.05) is 42.3 Å². The molecule has 6 heteroatoms. The third kappa shape index (κ3) is 4.14. The summed E-state index contributed by atoms with van der Waals surface area (Å²) in [6.07, 6.45) is 3.88. The highest BCUT2D eigenvalue weighted by atomic mass is 16.5. The van der Waals surface area contributed by atoms with Gasteiger partial charge in [-0.25, -0.2) is 4.98 Å². The highest BCUT2D eigenvalue weighted by Gasteiger charge is 2.26. The predicted molar refractivity (Wildman–Crippen MR) is 103 cm³/mol. The van der Waals surface area contributed by atoms with E-state index < -0.39 is 0 Å². The fraction of sp³-hybridized carbons (Fsp3) is 0.400. The summed E-state index contributed by atoms with van der Waals surface area (Å²) in [4.78, 5) is 19.4. The number of anilines is 2. The molecule has 1 atom stereocenters. The first-order valence-electron chi connectivity index (χ1n) is 9.02. The van der Waals surface area contributed by atoms with Crippen LogP contribution >= 0.6 is 0 Å². The molecule has 1 unspecified atom stereocenters. The van der Waals surface area contributed by atoms with E-state index in [1.54, 1.807) is 19.4 Å². The normalized spacial score (nSPS) is 17.0. The lowest BCUT2D eigenvalue weighted by Gasteiger charge is -2.33. The van der Waals surface area contributed by atoms with Crippen LogP contribution in [0, 0.1) is 5.92 Å². The van der Waals surface area contributed by atoms with Crippen LogP contribution in [0.3, 0.4) is 0 Å². The van der Waals surface area contributed by atoms with Crippen LogP contribution in [0.4, 0.5) is 11.5 Å². The van der Waals surface area contributed by atoms with Crippen LogP contribution in [0.15, 0.2) is 42.6 Å². The largest absolute Gasteiger partial charge is 0.495 e. The van der Waals surface area contributed by atoms with Crippen LogP contribution < -0.4 is 15.4 Å². The molecule has 1 aliphatic rings. The Hall–Kier alpha value is -2.60. The molecule has 6 nitrogen and oxygen atoms in total. The van der Waals surface area contributed by atoms with E-state index in [1.165, 1.54) is 0 Å². The van der Waals surface area contributed by atoms with Crippen molar-refractivity contribution in [3.63, 3.8) is 0 Å². The average molecular weight is 354 g/mol. The number of likely N-dealkylation sites (tertiary alicyclic amines) is 1. The molecule has 1 amide bonds. The molecule has 0 spiro atoms. The lowest BCUT2D eigenvalue weighted by Crippen LogP contribution is -2.42. The molecule has 2 N–H and O–H groups in total. The summed E-state index contributed by atoms with van der Waals surface area (Å²) >= 11 is 0. The van der Waals surface area contributed by atoms with E-state index in [9.17, 15) is 4.79 Å². The number of nitrogens with one attached hydrogen (secondary N) is 2. The van der Waals surface area contributed by atoms with Gasteiger partial charge in [0.2, 0.25) is 0 Å². The summed E-state index contributed by atoms with van der Waals surface area (Å²) in [7, 11) is 3.58. The Labute approximate surface area is 154 Å². The summed E-state index contributed by atoms with van der Waals surface area (Å²) in [6.45, 7) is 2.51. The Kier molecular flexibility index (Phi) is 6.07. The first kappa shape index (κ1) is 18.2. The summed E-state index contributed by atoms with van der Waals surface area (Å²) in [6, 6.07) is 11.2. The van der Waals surface area contributed by atoms with Crippen LogP contribution in [0.1, 0.15) is 23.2 Å². The molecular formula is C20H26N4O2. The molecule has 3 rings (SSSR count). The Morgan fingerprint density at radius 3 is 2.96 bits per heavy atom. The number of piperidine rings is 1. The third-order valence-corrected chi connectivity index (χ3v) is 4.70. The van der Waals surface area contributed by atoms with Crippen molar-refractivity contribution < 1.29 is 9.53 Å². The van der Waals surface area contributed by atoms with E-state index in [2.05, 4.69) is 15.6 Å². The standard InChI is InChI=1S/C20H26N4O2/c1-21-13-15-7-6-12-24(14-15)20(25)16-8-5-11-22-19(16)23-17-9-3-4-10-18(17)26-2/h3-5,8-11,15,21H,6-7,12-14H2,1-2H3,(H,22,23). The second-order valence-electron chi connectivity index (χ2n) is 6.54. The van der Waals surface area contributed by atoms with Crippen molar-refractivity contribution in [2.45, 2.75) is 12.8 Å². The van der Waals surface area contributed by atoms with Crippen molar-refractivity contribution >= 4 is 17.4 Å². The second kappa shape index (κ2) is 8.67. The monoisotopic (exact) mass is 354 g/mol. The highest BCUT2D eigenvalue weighted by molar-refractivity contribution is 5.99. The number of carbonyl (C=O) groups excluding carboxylic acids is 1. The smallest absolute Gasteiger partial charge is 0.257 e. The van der Waals surface area contributed by atoms with Gasteiger partial charge in [0.25, 0.3) is 5.91 Å². The van der Waals surface area contributed by atoms with E-state index in [-0.39, 0.29) is 5.91 Å². The first-order valence-corrected chi connectivity index (χ1v) is 9.02. The number of nitrogens with zero attached hydrogens (tertiary/aromatic N) is 2. The van der Waals surface area contributed by atoms with Gasteiger partial charge in [0, 0.05) is 19.3 Å². The van der Waals surface area contributed by atoms with Gasteiger partial charge in [-0.1, -0.05) is 12.1 Å². The van der Waals surface area contributed by atoms with Gasteiger partial charge >= 0.3 is 0 Å². The van der Waals surface area contributed by atoms with Crippen LogP contribution in [0.25, 0.3) is 0 Å². The van der Waals surface area contributed by atoms with Gasteiger partial charge in [0.1, 0.15) is 11.6 Å². The van der Waals surface area contributed by atoms with E-state index in [0.29, 0.717) is 23.0 Å². The Morgan fingerprint density at radius 1 is 1.31 bits per heavy atom. The number of rotatable bonds is 6. The Balaban J connectivity index is 1.81. The molecule has 0 saturated carbocycles. The average Bonchev–Trinajstić information content (AvgIpc) is 2.69. The number of aromatic nitrogens is 1. The fourth-order valence-electron chi connectivity index (χ4n) is 3.43. The van der Waals surface area contributed by atoms with Crippen molar-refractivity contribution in [1.82, 2.24) is 15.2 Å². The van der Waals surface area contributed by atoms with Crippen LogP contribution in [-0.4, -0.2) is 49.6 Å². The quantitative estimate of drug-likeness (QED) is 0.835. The maximum atomic E-state index is 13.1. The summed E-state index contributed by atoms with van der Waals surface area (Å²) in [5, 5.41) is 6.47. The number of ether oxygens (including phenoxy) is 1. The van der Waals surface area contributed by atoms with Gasteiger partial charge < -0.3 is 20.3 Å². The number of hydrogen-bond acceptors (Lipinski definition) is 5. The Morgan fingerprint density at radius 2 is 2.15 bits per heavy atom. The lowest BCUT2D eigenvalue weighted by molar-refractivity contribution is 0.0675. The molecule has 1 aromatic heterocycles. The fourth-order valence-corrected chi connectivity index (χ4v) is 3.43. The SMILES string of the molecule is CNCC1CCCN(C(=O)c2cccnc2Nc2ccccc2OC)C1. The van der Waals surface area contributed by atoms with Crippen LogP contribution in [0.5, 0.6) is 5.75 Å². The number of para-hydroxylation sites is 2. The predicted octanol–water partition coefficient (Wildman–Crippen LogP) is 2.91. The minimum Gasteiger partial charge on any atom is -0.495 e. The number of methoxy groups -OCH3 is 1. The lowest BCUT2D eigenvalue weighted by atomic mass is 9.97. The zero-order valence-corrected chi connectivity index (χ0v) is 15.4. The number of amides is 1. The molecule has 0 aliphatic carbocycles. The molecular weight excluding hydrogens is 328 g/mol. The number of pyridine rings is 1. The minimum atomic E-state index is 0.0244. The molecule has 1 aliphatic heterocycles. The van der Waals surface area contributed by atoms with Crippen molar-refractivity contribution in [3.05, 3.63) is 48.2 Å². The summed E-state index contributed by atoms with van der Waals surface area (Å²) < 4.78 is 5.38. The van der Waals surface area contributed by atoms with Crippen molar-refractivity contribution in [3.8, 4) is 5.75 Å². The third-order valence-electron chi connectivity index (χ3n) is 4.70. The summed E-state index contributed by atoms with van der Waals surface area (Å²) in [5.41, 5.74) is 1.37. The van der Waals surface area contributed by atoms with Gasteiger partial charge in [-0.3, -0.25) is 4.79 Å². The van der Waals surface area contributed by atoms with E-state index in [0.717, 1.165) is 38.2 Å². The number of hydrogen-bond donors (Lipinski definition) is 2. The molecule has 0 radical (unpaired) electrons. The second-order valence-corrected chi connectivity index (χ2v) is 6.54. The maximum absolute atomic E-state index is 13.1. The molecule has 2 aromatic rings. The van der Waals surface area contributed by atoms with E-state index in [4.69, 9.17) is 4.74 Å². The minimum absolute atomic E-state index is 0.0244. The topological polar surface area (TPSA) is 66.5 Å². The van der Waals surface area contributed by atoms with Crippen molar-refractivity contribution in [1.29, 1.82) is 0 Å². The zero-order valence-electron chi connectivity index (χ0n) is 15.4. The zero-order chi connectivity index (χ0) is 18.4. The molecule has 1 fully saturated rings. The van der Waals surface area contributed by atoms with Crippen LogP contribution in [0.2, 0.25) is 0 Å². The van der Waals surface area contributed by atoms with Gasteiger partial charge in [0.15, 0.2) is 0 Å².